The van der Waals surface area contributed by atoms with Gasteiger partial charge in [0, 0.05) is 24.8 Å². The number of rotatable bonds is 5. The minimum Gasteiger partial charge on any atom is -1.00 e. The standard InChI is InChI=1S/C6H8O7.ClH.Nd/c7-3(8)1-6(13,5(11)12)2-4(9)10;;/h13H,1-2H2,(H,7,8)(H,9,10)(H,11,12);1H;/q;;+3/p-4. The number of carbonyl (C=O) groups excluding carboxylic acids is 3. The molecule has 83 valence electrons. The molecule has 0 aliphatic rings. The van der Waals surface area contributed by atoms with Gasteiger partial charge in [0.1, 0.15) is 5.60 Å². The fourth-order valence-corrected chi connectivity index (χ4v) is 0.684. The molecule has 0 saturated heterocycles. The second-order valence-electron chi connectivity index (χ2n) is 2.42. The van der Waals surface area contributed by atoms with E-state index in [1.165, 1.54) is 0 Å². The van der Waals surface area contributed by atoms with Crippen LogP contribution in [0.15, 0.2) is 0 Å². The molecule has 1 radical (unpaired) electrons. The van der Waals surface area contributed by atoms with Gasteiger partial charge < -0.3 is 47.2 Å². The van der Waals surface area contributed by atoms with Crippen molar-refractivity contribution in [1.29, 1.82) is 0 Å². The molecule has 1 N–H and O–H groups in total. The van der Waals surface area contributed by atoms with Gasteiger partial charge in [-0.15, -0.1) is 0 Å². The van der Waals surface area contributed by atoms with Crippen molar-refractivity contribution in [1.82, 2.24) is 0 Å². The first kappa shape index (κ1) is 20.4. The molecular formula is C6H5ClNdO7-. The van der Waals surface area contributed by atoms with Crippen molar-refractivity contribution in [2.75, 3.05) is 0 Å². The van der Waals surface area contributed by atoms with Gasteiger partial charge in [-0.05, 0) is 0 Å². The average Bonchev–Trinajstić information content (AvgIpc) is 1.82. The Hall–Kier alpha value is 0.0106. The molecule has 0 unspecified atom stereocenters. The fraction of sp³-hybridized carbons (Fsp3) is 0.500. The Labute approximate surface area is 123 Å². The van der Waals surface area contributed by atoms with E-state index in [-0.39, 0.29) is 53.2 Å². The monoisotopic (exact) mass is 366 g/mol. The molecule has 9 heteroatoms. The summed E-state index contributed by atoms with van der Waals surface area (Å²) in [6.07, 6.45) is -2.72. The van der Waals surface area contributed by atoms with E-state index in [1.807, 2.05) is 0 Å². The predicted molar refractivity (Wildman–Crippen MR) is 29.2 cm³/mol. The summed E-state index contributed by atoms with van der Waals surface area (Å²) in [4.78, 5) is 30.0. The number of aliphatic hydroxyl groups is 1. The van der Waals surface area contributed by atoms with Gasteiger partial charge in [0.25, 0.3) is 0 Å². The third-order valence-electron chi connectivity index (χ3n) is 1.25. The molecule has 0 saturated carbocycles. The first-order valence-electron chi connectivity index (χ1n) is 3.11. The van der Waals surface area contributed by atoms with Crippen LogP contribution in [0.2, 0.25) is 0 Å². The summed E-state index contributed by atoms with van der Waals surface area (Å²) in [6, 6.07) is 0. The van der Waals surface area contributed by atoms with Crippen LogP contribution in [0.25, 0.3) is 0 Å². The molecule has 0 aromatic heterocycles. The third kappa shape index (κ3) is 7.88. The first-order chi connectivity index (χ1) is 5.78. The fourth-order valence-electron chi connectivity index (χ4n) is 0.684. The number of hydrogen-bond donors (Lipinski definition) is 1. The second-order valence-corrected chi connectivity index (χ2v) is 2.42. The maximum absolute atomic E-state index is 10.1. The van der Waals surface area contributed by atoms with Gasteiger partial charge in [-0.1, -0.05) is 0 Å². The summed E-state index contributed by atoms with van der Waals surface area (Å²) < 4.78 is 0. The molecule has 0 fully saturated rings. The molecule has 0 aliphatic carbocycles. The summed E-state index contributed by atoms with van der Waals surface area (Å²) in [5, 5.41) is 38.9. The van der Waals surface area contributed by atoms with Crippen molar-refractivity contribution < 1.29 is 88.1 Å². The van der Waals surface area contributed by atoms with Gasteiger partial charge in [0.05, 0.1) is 5.97 Å². The van der Waals surface area contributed by atoms with Gasteiger partial charge >= 0.3 is 40.8 Å². The Bertz CT molecular complexity index is 238. The Morgan fingerprint density at radius 2 is 1.27 bits per heavy atom. The van der Waals surface area contributed by atoms with Crippen molar-refractivity contribution in [3.05, 3.63) is 0 Å². The molecule has 0 heterocycles. The molecule has 0 bridgehead atoms. The minimum absolute atomic E-state index is 0. The van der Waals surface area contributed by atoms with E-state index in [4.69, 9.17) is 5.11 Å². The SMILES string of the molecule is O=C([O-])CC(O)(CC(=O)[O-])C(=O)[O-].[Cl-].[Nd+3]. The van der Waals surface area contributed by atoms with E-state index < -0.39 is 36.4 Å². The first-order valence-corrected chi connectivity index (χ1v) is 3.11. The predicted octanol–water partition coefficient (Wildman–Crippen LogP) is -8.25. The van der Waals surface area contributed by atoms with Gasteiger partial charge in [0.2, 0.25) is 0 Å². The van der Waals surface area contributed by atoms with Crippen molar-refractivity contribution >= 4 is 17.9 Å². The molecule has 0 rings (SSSR count). The number of carboxylic acid groups (broad SMARTS) is 3. The average molecular weight is 369 g/mol. The molecule has 7 nitrogen and oxygen atoms in total. The zero-order valence-electron chi connectivity index (χ0n) is 7.19. The van der Waals surface area contributed by atoms with Gasteiger partial charge in [0.15, 0.2) is 0 Å². The van der Waals surface area contributed by atoms with Crippen LogP contribution >= 0.6 is 0 Å². The molecule has 0 aromatic rings. The number of halogens is 1. The van der Waals surface area contributed by atoms with Crippen LogP contribution in [-0.4, -0.2) is 28.6 Å². The molecule has 0 aromatic carbocycles. The number of hydrogen-bond acceptors (Lipinski definition) is 7. The van der Waals surface area contributed by atoms with Crippen LogP contribution in [0.4, 0.5) is 0 Å². The van der Waals surface area contributed by atoms with Gasteiger partial charge in [-0.3, -0.25) is 0 Å². The molecule has 15 heavy (non-hydrogen) atoms. The van der Waals surface area contributed by atoms with Crippen molar-refractivity contribution in [2.24, 2.45) is 0 Å². The quantitative estimate of drug-likeness (QED) is 0.508. The van der Waals surface area contributed by atoms with Gasteiger partial charge in [-0.2, -0.15) is 0 Å². The van der Waals surface area contributed by atoms with Crippen molar-refractivity contribution in [3.63, 3.8) is 0 Å². The number of carboxylic acids is 3. The van der Waals surface area contributed by atoms with Crippen molar-refractivity contribution in [2.45, 2.75) is 18.4 Å². The van der Waals surface area contributed by atoms with Crippen LogP contribution in [0.1, 0.15) is 12.8 Å². The Morgan fingerprint density at radius 1 is 1.00 bits per heavy atom. The van der Waals surface area contributed by atoms with Crippen LogP contribution in [0, 0.1) is 40.8 Å². The van der Waals surface area contributed by atoms with Crippen LogP contribution in [0.5, 0.6) is 0 Å². The van der Waals surface area contributed by atoms with E-state index in [2.05, 4.69) is 0 Å². The summed E-state index contributed by atoms with van der Waals surface area (Å²) in [7, 11) is 0. The van der Waals surface area contributed by atoms with E-state index >= 15 is 0 Å². The molecular weight excluding hydrogens is 364 g/mol. The minimum atomic E-state index is -2.97. The van der Waals surface area contributed by atoms with E-state index in [0.29, 0.717) is 0 Å². The third-order valence-corrected chi connectivity index (χ3v) is 1.25. The maximum atomic E-state index is 10.1. The topological polar surface area (TPSA) is 141 Å². The largest absolute Gasteiger partial charge is 3.00 e. The van der Waals surface area contributed by atoms with E-state index in [9.17, 15) is 29.7 Å². The van der Waals surface area contributed by atoms with Crippen LogP contribution < -0.4 is 27.7 Å². The molecule has 0 atom stereocenters. The van der Waals surface area contributed by atoms with Gasteiger partial charge in [-0.25, -0.2) is 0 Å². The van der Waals surface area contributed by atoms with Crippen LogP contribution in [-0.2, 0) is 14.4 Å². The van der Waals surface area contributed by atoms with E-state index in [1.54, 1.807) is 0 Å². The normalized spacial score (nSPS) is 9.40. The van der Waals surface area contributed by atoms with E-state index in [0.717, 1.165) is 0 Å². The van der Waals surface area contributed by atoms with Crippen molar-refractivity contribution in [3.8, 4) is 0 Å². The smallest absolute Gasteiger partial charge is 1.00 e. The Kier molecular flexibility index (Phi) is 11.2. The zero-order chi connectivity index (χ0) is 10.6. The molecule has 0 aliphatic heterocycles. The summed E-state index contributed by atoms with van der Waals surface area (Å²) in [5.74, 6) is -5.98. The number of carbonyl (C=O) groups is 3. The van der Waals surface area contributed by atoms with Crippen LogP contribution in [0.3, 0.4) is 0 Å². The number of aliphatic carboxylic acids is 3. The summed E-state index contributed by atoms with van der Waals surface area (Å²) >= 11 is 0. The summed E-state index contributed by atoms with van der Waals surface area (Å²) in [5.41, 5.74) is -2.97. The Balaban J connectivity index is -0.000000720. The molecule has 0 spiro atoms. The Morgan fingerprint density at radius 3 is 1.40 bits per heavy atom. The second kappa shape index (κ2) is 8.20. The maximum Gasteiger partial charge on any atom is 3.00 e. The zero-order valence-corrected chi connectivity index (χ0v) is 11.2. The molecule has 0 amide bonds. The summed E-state index contributed by atoms with van der Waals surface area (Å²) in [6.45, 7) is 0.